The number of hydrogen-bond donors (Lipinski definition) is 1. The summed E-state index contributed by atoms with van der Waals surface area (Å²) in [6.45, 7) is 2.11. The second-order valence-corrected chi connectivity index (χ2v) is 8.88. The van der Waals surface area contributed by atoms with Crippen molar-refractivity contribution in [1.29, 1.82) is 0 Å². The van der Waals surface area contributed by atoms with Gasteiger partial charge in [-0.1, -0.05) is 24.3 Å². The molecular formula is C20H23N3O4S. The minimum Gasteiger partial charge on any atom is -0.350 e. The number of aromatic nitrogens is 2. The number of aryl methyl sites for hydroxylation is 2. The average Bonchev–Trinajstić information content (AvgIpc) is 2.90. The summed E-state index contributed by atoms with van der Waals surface area (Å²) >= 11 is 0. The summed E-state index contributed by atoms with van der Waals surface area (Å²) in [7, 11) is -1.54. The quantitative estimate of drug-likeness (QED) is 0.684. The normalized spacial score (nSPS) is 12.8. The van der Waals surface area contributed by atoms with Crippen LogP contribution in [0.1, 0.15) is 24.9 Å². The van der Waals surface area contributed by atoms with Gasteiger partial charge in [-0.3, -0.25) is 13.9 Å². The van der Waals surface area contributed by atoms with E-state index in [9.17, 15) is 18.0 Å². The zero-order valence-corrected chi connectivity index (χ0v) is 16.9. The van der Waals surface area contributed by atoms with Crippen LogP contribution in [-0.2, 0) is 28.2 Å². The third-order valence-corrected chi connectivity index (χ3v) is 5.93. The van der Waals surface area contributed by atoms with Gasteiger partial charge in [0.2, 0.25) is 5.91 Å². The Bertz CT molecular complexity index is 1170. The molecule has 1 amide bonds. The van der Waals surface area contributed by atoms with E-state index in [2.05, 4.69) is 5.32 Å². The van der Waals surface area contributed by atoms with Gasteiger partial charge >= 0.3 is 5.69 Å². The van der Waals surface area contributed by atoms with Crippen molar-refractivity contribution in [2.75, 3.05) is 6.26 Å². The molecule has 7 nitrogen and oxygen atoms in total. The van der Waals surface area contributed by atoms with Gasteiger partial charge in [-0.05, 0) is 36.8 Å². The topological polar surface area (TPSA) is 90.2 Å². The van der Waals surface area contributed by atoms with Crippen LogP contribution < -0.4 is 11.0 Å². The number of nitrogens with one attached hydrogen (secondary N) is 1. The molecule has 3 rings (SSSR count). The van der Waals surface area contributed by atoms with Gasteiger partial charge in [-0.15, -0.1) is 0 Å². The molecule has 0 radical (unpaired) electrons. The zero-order valence-electron chi connectivity index (χ0n) is 16.0. The number of sulfone groups is 1. The van der Waals surface area contributed by atoms with Gasteiger partial charge in [0.05, 0.1) is 22.0 Å². The number of rotatable bonds is 6. The number of carbonyl (C=O) groups is 1. The first-order valence-electron chi connectivity index (χ1n) is 8.92. The highest BCUT2D eigenvalue weighted by Gasteiger charge is 2.14. The highest BCUT2D eigenvalue weighted by molar-refractivity contribution is 7.90. The molecule has 0 unspecified atom stereocenters. The fourth-order valence-corrected chi connectivity index (χ4v) is 3.82. The number of imidazole rings is 1. The summed E-state index contributed by atoms with van der Waals surface area (Å²) in [6, 6.07) is 13.6. The maximum absolute atomic E-state index is 12.4. The largest absolute Gasteiger partial charge is 0.350 e. The fourth-order valence-electron chi connectivity index (χ4n) is 3.19. The summed E-state index contributed by atoms with van der Waals surface area (Å²) in [5.41, 5.74) is 2.28. The lowest BCUT2D eigenvalue weighted by Gasteiger charge is -2.15. The molecule has 8 heteroatoms. The van der Waals surface area contributed by atoms with Gasteiger partial charge in [-0.25, -0.2) is 13.2 Å². The molecule has 1 aromatic heterocycles. The Hall–Kier alpha value is -2.87. The molecule has 0 aliphatic carbocycles. The summed E-state index contributed by atoms with van der Waals surface area (Å²) in [5, 5.41) is 2.89. The Kier molecular flexibility index (Phi) is 5.42. The van der Waals surface area contributed by atoms with Gasteiger partial charge < -0.3 is 5.32 Å². The van der Waals surface area contributed by atoms with E-state index >= 15 is 0 Å². The van der Waals surface area contributed by atoms with E-state index in [4.69, 9.17) is 0 Å². The van der Waals surface area contributed by atoms with Crippen molar-refractivity contribution >= 4 is 26.8 Å². The Balaban J connectivity index is 1.66. The number of benzene rings is 2. The van der Waals surface area contributed by atoms with E-state index < -0.39 is 9.84 Å². The van der Waals surface area contributed by atoms with Crippen molar-refractivity contribution in [3.8, 4) is 0 Å². The first-order chi connectivity index (χ1) is 13.2. The highest BCUT2D eigenvalue weighted by atomic mass is 32.2. The molecule has 0 spiro atoms. The third-order valence-electron chi connectivity index (χ3n) is 4.80. The van der Waals surface area contributed by atoms with E-state index in [-0.39, 0.29) is 35.5 Å². The van der Waals surface area contributed by atoms with Crippen LogP contribution in [0.15, 0.2) is 58.2 Å². The number of carbonyl (C=O) groups excluding carboxylic acids is 1. The van der Waals surface area contributed by atoms with E-state index in [0.717, 1.165) is 22.9 Å². The number of hydrogen-bond acceptors (Lipinski definition) is 4. The van der Waals surface area contributed by atoms with Crippen LogP contribution in [-0.4, -0.2) is 29.7 Å². The lowest BCUT2D eigenvalue weighted by atomic mass is 10.1. The molecule has 0 bridgehead atoms. The summed E-state index contributed by atoms with van der Waals surface area (Å²) < 4.78 is 26.2. The molecule has 1 N–H and O–H groups in total. The Morgan fingerprint density at radius 2 is 1.68 bits per heavy atom. The van der Waals surface area contributed by atoms with Crippen molar-refractivity contribution in [3.05, 3.63) is 64.6 Å². The van der Waals surface area contributed by atoms with Crippen molar-refractivity contribution in [1.82, 2.24) is 14.5 Å². The second kappa shape index (κ2) is 7.63. The van der Waals surface area contributed by atoms with Crippen LogP contribution in [0.4, 0.5) is 0 Å². The van der Waals surface area contributed by atoms with Gasteiger partial charge in [0.25, 0.3) is 0 Å². The van der Waals surface area contributed by atoms with Gasteiger partial charge in [0.15, 0.2) is 9.84 Å². The minimum atomic E-state index is -3.25. The predicted octanol–water partition coefficient (Wildman–Crippen LogP) is 2.01. The van der Waals surface area contributed by atoms with Gasteiger partial charge in [0, 0.05) is 26.3 Å². The standard InChI is InChI=1S/C20H23N3O4S/c1-14(15-8-10-16(11-9-15)28(3,26)27)21-19(24)12-13-23-18-7-5-4-6-17(18)22(2)20(23)25/h4-11,14H,12-13H2,1-3H3,(H,21,24)/t14-/m0/s1. The van der Waals surface area contributed by atoms with Crippen LogP contribution in [0.5, 0.6) is 0 Å². The Morgan fingerprint density at radius 3 is 2.29 bits per heavy atom. The molecular weight excluding hydrogens is 378 g/mol. The van der Waals surface area contributed by atoms with Crippen LogP contribution >= 0.6 is 0 Å². The molecule has 1 heterocycles. The molecule has 3 aromatic rings. The van der Waals surface area contributed by atoms with E-state index in [1.807, 2.05) is 31.2 Å². The average molecular weight is 401 g/mol. The van der Waals surface area contributed by atoms with Crippen LogP contribution in [0.3, 0.4) is 0 Å². The molecule has 1 atom stereocenters. The van der Waals surface area contributed by atoms with Crippen LogP contribution in [0.25, 0.3) is 11.0 Å². The minimum absolute atomic E-state index is 0.154. The van der Waals surface area contributed by atoms with E-state index in [1.54, 1.807) is 28.3 Å². The van der Waals surface area contributed by atoms with Crippen molar-refractivity contribution < 1.29 is 13.2 Å². The monoisotopic (exact) mass is 401 g/mol. The Labute approximate surface area is 163 Å². The first kappa shape index (κ1) is 19.9. The maximum Gasteiger partial charge on any atom is 0.328 e. The zero-order chi connectivity index (χ0) is 20.5. The fraction of sp³-hybridized carbons (Fsp3) is 0.300. The second-order valence-electron chi connectivity index (χ2n) is 6.86. The molecule has 0 aliphatic heterocycles. The molecule has 28 heavy (non-hydrogen) atoms. The van der Waals surface area contributed by atoms with Crippen molar-refractivity contribution in [2.24, 2.45) is 7.05 Å². The van der Waals surface area contributed by atoms with E-state index in [0.29, 0.717) is 0 Å². The maximum atomic E-state index is 12.4. The van der Waals surface area contributed by atoms with Gasteiger partial charge in [-0.2, -0.15) is 0 Å². The van der Waals surface area contributed by atoms with E-state index in [1.165, 1.54) is 12.1 Å². The highest BCUT2D eigenvalue weighted by Crippen LogP contribution is 2.17. The van der Waals surface area contributed by atoms with Crippen LogP contribution in [0, 0.1) is 0 Å². The number of nitrogens with zero attached hydrogens (tertiary/aromatic N) is 2. The summed E-state index contributed by atoms with van der Waals surface area (Å²) in [4.78, 5) is 25.0. The lowest BCUT2D eigenvalue weighted by molar-refractivity contribution is -0.121. The molecule has 0 aliphatic rings. The number of para-hydroxylation sites is 2. The van der Waals surface area contributed by atoms with Crippen LogP contribution in [0.2, 0.25) is 0 Å². The summed E-state index contributed by atoms with van der Waals surface area (Å²) in [5.74, 6) is -0.181. The molecule has 0 fully saturated rings. The molecule has 0 saturated carbocycles. The molecule has 0 saturated heterocycles. The van der Waals surface area contributed by atoms with Gasteiger partial charge in [0.1, 0.15) is 0 Å². The number of amides is 1. The SMILES string of the molecule is C[C@H](NC(=O)CCn1c(=O)n(C)c2ccccc21)c1ccc(S(C)(=O)=O)cc1. The predicted molar refractivity (Wildman–Crippen MR) is 108 cm³/mol. The third kappa shape index (κ3) is 4.01. The lowest BCUT2D eigenvalue weighted by Crippen LogP contribution is -2.29. The summed E-state index contributed by atoms with van der Waals surface area (Å²) in [6.07, 6.45) is 1.32. The van der Waals surface area contributed by atoms with Crippen molar-refractivity contribution in [3.63, 3.8) is 0 Å². The van der Waals surface area contributed by atoms with Crippen molar-refractivity contribution in [2.45, 2.75) is 30.8 Å². The number of fused-ring (bicyclic) bond motifs is 1. The molecule has 2 aromatic carbocycles. The smallest absolute Gasteiger partial charge is 0.328 e. The first-order valence-corrected chi connectivity index (χ1v) is 10.8. The molecule has 148 valence electrons. The Morgan fingerprint density at radius 1 is 1.07 bits per heavy atom.